The number of nitrogens with zero attached hydrogens (tertiary/aromatic N) is 1. The van der Waals surface area contributed by atoms with Crippen molar-refractivity contribution in [1.82, 2.24) is 5.01 Å². The van der Waals surface area contributed by atoms with E-state index in [-0.39, 0.29) is 6.42 Å². The topological polar surface area (TPSA) is 119 Å². The summed E-state index contributed by atoms with van der Waals surface area (Å²) in [5, 5.41) is 10.2. The van der Waals surface area contributed by atoms with Crippen LogP contribution in [0.5, 0.6) is 0 Å². The fraction of sp³-hybridized carbons (Fsp3) is 0.526. The number of carbonyl (C=O) groups is 3. The number of hydrazine groups is 1. The fourth-order valence-corrected chi connectivity index (χ4v) is 2.24. The van der Waals surface area contributed by atoms with Crippen molar-refractivity contribution < 1.29 is 29.0 Å². The summed E-state index contributed by atoms with van der Waals surface area (Å²) >= 11 is 0. The number of carboxylic acid groups (broad SMARTS) is 1. The van der Waals surface area contributed by atoms with Crippen molar-refractivity contribution in [1.29, 1.82) is 0 Å². The summed E-state index contributed by atoms with van der Waals surface area (Å²) in [5.74, 6) is 3.08. The molecule has 1 amide bonds. The molecule has 0 aliphatic carbocycles. The molecule has 0 fully saturated rings. The van der Waals surface area contributed by atoms with Crippen molar-refractivity contribution in [2.75, 3.05) is 0 Å². The van der Waals surface area contributed by atoms with Gasteiger partial charge in [-0.1, -0.05) is 30.3 Å². The Hall–Kier alpha value is -2.61. The van der Waals surface area contributed by atoms with E-state index in [4.69, 9.17) is 15.3 Å². The minimum atomic E-state index is -2.49. The Morgan fingerprint density at radius 3 is 1.85 bits per heavy atom. The van der Waals surface area contributed by atoms with Crippen LogP contribution in [-0.2, 0) is 25.5 Å². The van der Waals surface area contributed by atoms with Crippen LogP contribution in [0.15, 0.2) is 30.3 Å². The van der Waals surface area contributed by atoms with E-state index in [1.54, 1.807) is 71.9 Å². The Kier molecular flexibility index (Phi) is 6.61. The van der Waals surface area contributed by atoms with Crippen molar-refractivity contribution in [3.8, 4) is 0 Å². The Balaban J connectivity index is 3.44. The second-order valence-electron chi connectivity index (χ2n) is 8.18. The fourth-order valence-electron chi connectivity index (χ4n) is 2.24. The lowest BCUT2D eigenvalue weighted by Crippen LogP contribution is -2.67. The lowest BCUT2D eigenvalue weighted by molar-refractivity contribution is -0.179. The van der Waals surface area contributed by atoms with E-state index in [1.165, 1.54) is 0 Å². The average molecular weight is 380 g/mol. The Morgan fingerprint density at radius 2 is 1.44 bits per heavy atom. The molecule has 3 N–H and O–H groups in total. The second-order valence-corrected chi connectivity index (χ2v) is 8.18. The molecular weight excluding hydrogens is 352 g/mol. The molecule has 0 aliphatic rings. The van der Waals surface area contributed by atoms with Gasteiger partial charge < -0.3 is 14.6 Å². The molecule has 0 radical (unpaired) electrons. The number of aliphatic carboxylic acids is 1. The molecule has 150 valence electrons. The van der Waals surface area contributed by atoms with Gasteiger partial charge in [0.05, 0.1) is 0 Å². The molecule has 1 aromatic rings. The highest BCUT2D eigenvalue weighted by Gasteiger charge is 2.56. The standard InChI is InChI=1S/C19H28N2O6/c1-17(2,3)26-15(24)19(14(22)23,12-13-10-8-7-9-11-13)21(20)16(25)27-18(4,5)6/h7-11H,12,20H2,1-6H3,(H,22,23)/t19-/m0/s1. The third-order valence-electron chi connectivity index (χ3n) is 3.39. The van der Waals surface area contributed by atoms with Crippen LogP contribution in [0.1, 0.15) is 47.1 Å². The zero-order valence-electron chi connectivity index (χ0n) is 16.6. The number of hydrogen-bond acceptors (Lipinski definition) is 6. The smallest absolute Gasteiger partial charge is 0.426 e. The first-order valence-electron chi connectivity index (χ1n) is 8.48. The number of nitrogens with two attached hydrogens (primary N) is 1. The summed E-state index contributed by atoms with van der Waals surface area (Å²) in [6.07, 6.45) is -1.53. The van der Waals surface area contributed by atoms with Crippen LogP contribution in [0.2, 0.25) is 0 Å². The minimum absolute atomic E-state index is 0.307. The third kappa shape index (κ3) is 5.96. The van der Waals surface area contributed by atoms with Crippen LogP contribution in [0, 0.1) is 0 Å². The van der Waals surface area contributed by atoms with Gasteiger partial charge in [0, 0.05) is 6.42 Å². The molecule has 8 heteroatoms. The van der Waals surface area contributed by atoms with Crippen molar-refractivity contribution in [2.45, 2.75) is 64.7 Å². The van der Waals surface area contributed by atoms with Gasteiger partial charge in [0.1, 0.15) is 11.2 Å². The van der Waals surface area contributed by atoms with Crippen molar-refractivity contribution >= 4 is 18.0 Å². The van der Waals surface area contributed by atoms with Gasteiger partial charge in [0.2, 0.25) is 0 Å². The summed E-state index contributed by atoms with van der Waals surface area (Å²) in [6, 6.07) is 8.38. The molecule has 27 heavy (non-hydrogen) atoms. The van der Waals surface area contributed by atoms with E-state index in [0.29, 0.717) is 10.6 Å². The van der Waals surface area contributed by atoms with Crippen molar-refractivity contribution in [3.05, 3.63) is 35.9 Å². The molecule has 0 spiro atoms. The monoisotopic (exact) mass is 380 g/mol. The molecule has 1 atom stereocenters. The minimum Gasteiger partial charge on any atom is -0.479 e. The van der Waals surface area contributed by atoms with Gasteiger partial charge in [-0.3, -0.25) is 0 Å². The first-order chi connectivity index (χ1) is 12.2. The van der Waals surface area contributed by atoms with E-state index in [2.05, 4.69) is 0 Å². The summed E-state index contributed by atoms with van der Waals surface area (Å²) in [7, 11) is 0. The van der Waals surface area contributed by atoms with Crippen LogP contribution < -0.4 is 5.84 Å². The molecule has 1 aromatic carbocycles. The third-order valence-corrected chi connectivity index (χ3v) is 3.39. The Labute approximate surface area is 159 Å². The molecule has 0 aromatic heterocycles. The summed E-state index contributed by atoms with van der Waals surface area (Å²) in [4.78, 5) is 37.6. The largest absolute Gasteiger partial charge is 0.479 e. The van der Waals surface area contributed by atoms with Gasteiger partial charge >= 0.3 is 18.0 Å². The van der Waals surface area contributed by atoms with Crippen molar-refractivity contribution in [3.63, 3.8) is 0 Å². The highest BCUT2D eigenvalue weighted by molar-refractivity contribution is 6.06. The van der Waals surface area contributed by atoms with E-state index < -0.39 is 34.8 Å². The van der Waals surface area contributed by atoms with E-state index >= 15 is 0 Å². The van der Waals surface area contributed by atoms with Gasteiger partial charge in [-0.2, -0.15) is 0 Å². The Bertz CT molecular complexity index is 690. The normalized spacial score (nSPS) is 14.0. The average Bonchev–Trinajstić information content (AvgIpc) is 2.49. The van der Waals surface area contributed by atoms with Crippen LogP contribution in [0.3, 0.4) is 0 Å². The highest BCUT2D eigenvalue weighted by atomic mass is 16.6. The van der Waals surface area contributed by atoms with Gasteiger partial charge in [0.25, 0.3) is 5.54 Å². The van der Waals surface area contributed by atoms with E-state index in [1.807, 2.05) is 0 Å². The molecule has 0 aliphatic heterocycles. The maximum absolute atomic E-state index is 12.9. The second kappa shape index (κ2) is 7.96. The summed E-state index contributed by atoms with van der Waals surface area (Å²) in [5.41, 5.74) is -3.91. The molecule has 0 saturated heterocycles. The van der Waals surface area contributed by atoms with Crippen LogP contribution >= 0.6 is 0 Å². The van der Waals surface area contributed by atoms with E-state index in [9.17, 15) is 19.5 Å². The number of benzene rings is 1. The predicted octanol–water partition coefficient (Wildman–Crippen LogP) is 2.51. The highest BCUT2D eigenvalue weighted by Crippen LogP contribution is 2.26. The zero-order valence-corrected chi connectivity index (χ0v) is 16.6. The molecule has 1 rings (SSSR count). The summed E-state index contributed by atoms with van der Waals surface area (Å²) < 4.78 is 10.5. The quantitative estimate of drug-likeness (QED) is 0.265. The lowest BCUT2D eigenvalue weighted by atomic mass is 9.89. The molecule has 0 saturated carbocycles. The number of esters is 1. The van der Waals surface area contributed by atoms with Crippen molar-refractivity contribution in [2.24, 2.45) is 5.84 Å². The van der Waals surface area contributed by atoms with Crippen LogP contribution in [-0.4, -0.2) is 44.9 Å². The molecule has 8 nitrogen and oxygen atoms in total. The number of carboxylic acids is 1. The van der Waals surface area contributed by atoms with Gasteiger partial charge in [-0.15, -0.1) is 0 Å². The number of ether oxygens (including phenoxy) is 2. The van der Waals surface area contributed by atoms with Gasteiger partial charge in [-0.25, -0.2) is 25.2 Å². The molecular formula is C19H28N2O6. The summed E-state index contributed by atoms with van der Waals surface area (Å²) in [6.45, 7) is 9.58. The number of amides is 1. The maximum atomic E-state index is 12.9. The van der Waals surface area contributed by atoms with Gasteiger partial charge in [0.15, 0.2) is 0 Å². The Morgan fingerprint density at radius 1 is 0.963 bits per heavy atom. The molecule has 0 bridgehead atoms. The first-order valence-corrected chi connectivity index (χ1v) is 8.48. The SMILES string of the molecule is CC(C)(C)OC(=O)N(N)[C@@](Cc1ccccc1)(C(=O)O)C(=O)OC(C)(C)C. The first kappa shape index (κ1) is 22.4. The number of rotatable bonds is 5. The van der Waals surface area contributed by atoms with E-state index in [0.717, 1.165) is 0 Å². The molecule has 0 unspecified atom stereocenters. The number of hydrogen-bond donors (Lipinski definition) is 2. The van der Waals surface area contributed by atoms with Crippen LogP contribution in [0.25, 0.3) is 0 Å². The molecule has 0 heterocycles. The predicted molar refractivity (Wildman–Crippen MR) is 98.6 cm³/mol. The maximum Gasteiger partial charge on any atom is 0.426 e. The van der Waals surface area contributed by atoms with Gasteiger partial charge in [-0.05, 0) is 47.1 Å². The lowest BCUT2D eigenvalue weighted by Gasteiger charge is -2.37. The number of carbonyl (C=O) groups excluding carboxylic acids is 2. The zero-order chi connectivity index (χ0) is 21.0. The van der Waals surface area contributed by atoms with Crippen LogP contribution in [0.4, 0.5) is 4.79 Å².